The molecule has 0 spiro atoms. The Morgan fingerprint density at radius 2 is 2.19 bits per heavy atom. The van der Waals surface area contributed by atoms with E-state index >= 15 is 0 Å². The fourth-order valence-corrected chi connectivity index (χ4v) is 3.59. The Morgan fingerprint density at radius 1 is 1.35 bits per heavy atom. The topological polar surface area (TPSA) is 64.2 Å². The number of likely N-dealkylation sites (tertiary alicyclic amines) is 1. The monoisotopic (exact) mass is 370 g/mol. The predicted octanol–water partition coefficient (Wildman–Crippen LogP) is 3.63. The summed E-state index contributed by atoms with van der Waals surface area (Å²) in [4.78, 5) is 19.1. The van der Waals surface area contributed by atoms with Gasteiger partial charge in [0.25, 0.3) is 5.91 Å². The van der Waals surface area contributed by atoms with Crippen molar-refractivity contribution in [1.29, 1.82) is 0 Å². The summed E-state index contributed by atoms with van der Waals surface area (Å²) in [7, 11) is 1.77. The summed E-state index contributed by atoms with van der Waals surface area (Å²) >= 11 is 6.22. The van der Waals surface area contributed by atoms with Crippen molar-refractivity contribution >= 4 is 17.5 Å². The van der Waals surface area contributed by atoms with Crippen molar-refractivity contribution in [2.75, 3.05) is 6.54 Å². The molecule has 6 nitrogen and oxygen atoms in total. The SMILES string of the molecule is Cn1nccc1C(=O)N1CCCC1c1ncc(Cc2ccccc2Cl)o1. The summed E-state index contributed by atoms with van der Waals surface area (Å²) in [5.41, 5.74) is 1.56. The van der Waals surface area contributed by atoms with Crippen molar-refractivity contribution in [3.63, 3.8) is 0 Å². The maximum Gasteiger partial charge on any atom is 0.272 e. The lowest BCUT2D eigenvalue weighted by atomic mass is 10.1. The first-order valence-corrected chi connectivity index (χ1v) is 8.98. The van der Waals surface area contributed by atoms with E-state index in [0.717, 1.165) is 24.2 Å². The number of hydrogen-bond acceptors (Lipinski definition) is 4. The normalized spacial score (nSPS) is 17.0. The molecule has 1 unspecified atom stereocenters. The number of carbonyl (C=O) groups excluding carboxylic acids is 1. The van der Waals surface area contributed by atoms with Gasteiger partial charge in [-0.25, -0.2) is 4.98 Å². The zero-order valence-electron chi connectivity index (χ0n) is 14.4. The number of benzene rings is 1. The quantitative estimate of drug-likeness (QED) is 0.703. The van der Waals surface area contributed by atoms with Crippen LogP contribution in [0.2, 0.25) is 5.02 Å². The van der Waals surface area contributed by atoms with Crippen LogP contribution in [0.4, 0.5) is 0 Å². The molecular weight excluding hydrogens is 352 g/mol. The molecule has 2 aromatic heterocycles. The van der Waals surface area contributed by atoms with Gasteiger partial charge in [0.05, 0.1) is 6.20 Å². The molecule has 1 aliphatic heterocycles. The highest BCUT2D eigenvalue weighted by molar-refractivity contribution is 6.31. The number of oxazole rings is 1. The first-order chi connectivity index (χ1) is 12.6. The Labute approximate surface area is 156 Å². The third-order valence-corrected chi connectivity index (χ3v) is 5.10. The second-order valence-electron chi connectivity index (χ2n) is 6.43. The molecule has 3 aromatic rings. The van der Waals surface area contributed by atoms with Crippen LogP contribution in [0, 0.1) is 0 Å². The highest BCUT2D eigenvalue weighted by Crippen LogP contribution is 2.33. The average Bonchev–Trinajstić information content (AvgIpc) is 3.36. The van der Waals surface area contributed by atoms with Gasteiger partial charge in [-0.05, 0) is 30.5 Å². The maximum absolute atomic E-state index is 12.8. The van der Waals surface area contributed by atoms with E-state index in [2.05, 4.69) is 10.1 Å². The zero-order chi connectivity index (χ0) is 18.1. The van der Waals surface area contributed by atoms with Crippen molar-refractivity contribution in [3.8, 4) is 0 Å². The Hall–Kier alpha value is -2.60. The standard InChI is InChI=1S/C19H19ClN4O2/c1-23-17(8-9-22-23)19(25)24-10-4-7-16(24)18-21-12-14(26-18)11-13-5-2-3-6-15(13)20/h2-3,5-6,8-9,12,16H,4,7,10-11H2,1H3. The molecule has 1 fully saturated rings. The Morgan fingerprint density at radius 3 is 2.96 bits per heavy atom. The van der Waals surface area contributed by atoms with E-state index in [-0.39, 0.29) is 11.9 Å². The number of hydrogen-bond donors (Lipinski definition) is 0. The van der Waals surface area contributed by atoms with Crippen LogP contribution in [0.1, 0.15) is 46.6 Å². The number of halogens is 1. The van der Waals surface area contributed by atoms with Gasteiger partial charge in [-0.3, -0.25) is 9.48 Å². The van der Waals surface area contributed by atoms with E-state index in [1.807, 2.05) is 29.2 Å². The molecule has 1 aliphatic rings. The smallest absolute Gasteiger partial charge is 0.272 e. The van der Waals surface area contributed by atoms with Gasteiger partial charge < -0.3 is 9.32 Å². The summed E-state index contributed by atoms with van der Waals surface area (Å²) in [5, 5.41) is 4.79. The molecule has 1 saturated heterocycles. The molecule has 7 heteroatoms. The van der Waals surface area contributed by atoms with Crippen molar-refractivity contribution in [2.24, 2.45) is 7.05 Å². The predicted molar refractivity (Wildman–Crippen MR) is 97.0 cm³/mol. The third kappa shape index (κ3) is 3.12. The summed E-state index contributed by atoms with van der Waals surface area (Å²) in [6, 6.07) is 9.27. The Balaban J connectivity index is 1.54. The number of nitrogens with zero attached hydrogens (tertiary/aromatic N) is 4. The van der Waals surface area contributed by atoms with Gasteiger partial charge in [0, 0.05) is 31.2 Å². The zero-order valence-corrected chi connectivity index (χ0v) is 15.2. The molecular formula is C19H19ClN4O2. The van der Waals surface area contributed by atoms with Gasteiger partial charge in [0.15, 0.2) is 0 Å². The minimum absolute atomic E-state index is 0.0432. The van der Waals surface area contributed by atoms with E-state index < -0.39 is 0 Å². The Kier molecular flexibility index (Phi) is 4.51. The second kappa shape index (κ2) is 6.96. The fraction of sp³-hybridized carbons (Fsp3) is 0.316. The van der Waals surface area contributed by atoms with Gasteiger partial charge in [-0.2, -0.15) is 5.10 Å². The minimum atomic E-state index is -0.141. The van der Waals surface area contributed by atoms with Crippen LogP contribution in [0.5, 0.6) is 0 Å². The Bertz CT molecular complexity index is 933. The molecule has 0 aliphatic carbocycles. The van der Waals surface area contributed by atoms with Crippen LogP contribution in [0.25, 0.3) is 0 Å². The molecule has 0 bridgehead atoms. The molecule has 0 N–H and O–H groups in total. The molecule has 1 atom stereocenters. The molecule has 26 heavy (non-hydrogen) atoms. The van der Waals surface area contributed by atoms with Gasteiger partial charge in [-0.1, -0.05) is 29.8 Å². The van der Waals surface area contributed by atoms with Crippen LogP contribution in [-0.4, -0.2) is 32.1 Å². The van der Waals surface area contributed by atoms with Crippen LogP contribution in [0.3, 0.4) is 0 Å². The molecule has 4 rings (SSSR count). The van der Waals surface area contributed by atoms with E-state index in [1.165, 1.54) is 0 Å². The number of amides is 1. The number of aromatic nitrogens is 3. The fourth-order valence-electron chi connectivity index (χ4n) is 3.39. The van der Waals surface area contributed by atoms with Crippen molar-refractivity contribution in [1.82, 2.24) is 19.7 Å². The average molecular weight is 371 g/mol. The van der Waals surface area contributed by atoms with Crippen LogP contribution in [-0.2, 0) is 13.5 Å². The highest BCUT2D eigenvalue weighted by Gasteiger charge is 2.34. The second-order valence-corrected chi connectivity index (χ2v) is 6.84. The minimum Gasteiger partial charge on any atom is -0.443 e. The highest BCUT2D eigenvalue weighted by atomic mass is 35.5. The number of carbonyl (C=O) groups is 1. The van der Waals surface area contributed by atoms with Gasteiger partial charge in [0.2, 0.25) is 5.89 Å². The van der Waals surface area contributed by atoms with Crippen LogP contribution in [0.15, 0.2) is 47.1 Å². The molecule has 1 aromatic carbocycles. The largest absolute Gasteiger partial charge is 0.443 e. The molecule has 0 saturated carbocycles. The van der Waals surface area contributed by atoms with Gasteiger partial charge in [0.1, 0.15) is 17.5 Å². The maximum atomic E-state index is 12.8. The van der Waals surface area contributed by atoms with E-state index in [1.54, 1.807) is 30.2 Å². The molecule has 3 heterocycles. The molecule has 1 amide bonds. The summed E-state index contributed by atoms with van der Waals surface area (Å²) in [6.45, 7) is 0.691. The van der Waals surface area contributed by atoms with Gasteiger partial charge in [-0.15, -0.1) is 0 Å². The number of aryl methyl sites for hydroxylation is 1. The summed E-state index contributed by atoms with van der Waals surface area (Å²) < 4.78 is 7.56. The van der Waals surface area contributed by atoms with E-state index in [9.17, 15) is 4.79 Å². The lowest BCUT2D eigenvalue weighted by Crippen LogP contribution is -2.32. The van der Waals surface area contributed by atoms with E-state index in [0.29, 0.717) is 29.6 Å². The van der Waals surface area contributed by atoms with Crippen molar-refractivity contribution in [2.45, 2.75) is 25.3 Å². The lowest BCUT2D eigenvalue weighted by Gasteiger charge is -2.22. The van der Waals surface area contributed by atoms with Crippen molar-refractivity contribution in [3.05, 3.63) is 70.7 Å². The number of rotatable bonds is 4. The molecule has 0 radical (unpaired) electrons. The lowest BCUT2D eigenvalue weighted by molar-refractivity contribution is 0.0703. The van der Waals surface area contributed by atoms with E-state index in [4.69, 9.17) is 16.0 Å². The first-order valence-electron chi connectivity index (χ1n) is 8.60. The van der Waals surface area contributed by atoms with Gasteiger partial charge >= 0.3 is 0 Å². The first kappa shape index (κ1) is 16.8. The summed E-state index contributed by atoms with van der Waals surface area (Å²) in [6.07, 6.45) is 5.70. The summed E-state index contributed by atoms with van der Waals surface area (Å²) in [5.74, 6) is 1.28. The van der Waals surface area contributed by atoms with Crippen molar-refractivity contribution < 1.29 is 9.21 Å². The third-order valence-electron chi connectivity index (χ3n) is 4.73. The van der Waals surface area contributed by atoms with Crippen LogP contribution >= 0.6 is 11.6 Å². The molecule has 134 valence electrons. The van der Waals surface area contributed by atoms with Crippen LogP contribution < -0.4 is 0 Å².